The molecule has 10 nitrogen and oxygen atoms in total. The molecular formula is C38H32N4O6. The summed E-state index contributed by atoms with van der Waals surface area (Å²) >= 11 is 0. The number of carboxylic acids is 2. The van der Waals surface area contributed by atoms with Gasteiger partial charge in [-0.1, -0.05) is 84.9 Å². The fourth-order valence-electron chi connectivity index (χ4n) is 3.49. The molecule has 0 aliphatic rings. The summed E-state index contributed by atoms with van der Waals surface area (Å²) in [5, 5.41) is 50.8. The number of aromatic carboxylic acids is 2. The minimum atomic E-state index is -1.03. The summed E-state index contributed by atoms with van der Waals surface area (Å²) in [6.07, 6.45) is 0. The van der Waals surface area contributed by atoms with E-state index in [0.29, 0.717) is 0 Å². The van der Waals surface area contributed by atoms with Gasteiger partial charge in [0.1, 0.15) is 11.5 Å². The molecule has 0 aromatic heterocycles. The number of aromatic hydroxyl groups is 2. The molecular weight excluding hydrogens is 608 g/mol. The Kier molecular flexibility index (Phi) is 14.9. The van der Waals surface area contributed by atoms with Gasteiger partial charge in [-0.05, 0) is 84.9 Å². The van der Waals surface area contributed by atoms with Crippen molar-refractivity contribution in [2.45, 2.75) is 0 Å². The van der Waals surface area contributed by atoms with Crippen molar-refractivity contribution in [3.63, 3.8) is 0 Å². The average molecular weight is 641 g/mol. The third-order valence-electron chi connectivity index (χ3n) is 5.77. The van der Waals surface area contributed by atoms with Crippen LogP contribution >= 0.6 is 0 Å². The fraction of sp³-hybridized carbons (Fsp3) is 0. The summed E-state index contributed by atoms with van der Waals surface area (Å²) < 4.78 is 0. The Balaban J connectivity index is 0.000000176. The zero-order valence-electron chi connectivity index (χ0n) is 25.6. The minimum Gasteiger partial charge on any atom is -0.508 e. The van der Waals surface area contributed by atoms with Crippen LogP contribution in [-0.4, -0.2) is 32.4 Å². The Labute approximate surface area is 277 Å². The van der Waals surface area contributed by atoms with Crippen LogP contribution in [0.15, 0.2) is 190 Å². The molecule has 6 aromatic carbocycles. The molecule has 0 atom stereocenters. The summed E-state index contributed by atoms with van der Waals surface area (Å²) in [6.45, 7) is 0. The number of nitrogens with zero attached hydrogens (tertiary/aromatic N) is 4. The lowest BCUT2D eigenvalue weighted by Gasteiger charge is -1.92. The van der Waals surface area contributed by atoms with Crippen molar-refractivity contribution >= 4 is 34.7 Å². The topological polar surface area (TPSA) is 164 Å². The number of azo groups is 2. The zero-order chi connectivity index (χ0) is 34.4. The first-order chi connectivity index (χ1) is 23.3. The Hall–Kier alpha value is -6.94. The van der Waals surface area contributed by atoms with Crippen molar-refractivity contribution in [3.8, 4) is 11.5 Å². The standard InChI is InChI=1S/2C12H10N2.2C7H6O3/c2*1-3-7-11(8-4-1)13-14-12-9-5-2-6-10-12;2*8-6-3-1-2-5(4-6)7(9)10/h2*1-10H;2*1-4,8H,(H,9,10). The van der Waals surface area contributed by atoms with Crippen LogP contribution in [0, 0.1) is 0 Å². The van der Waals surface area contributed by atoms with Gasteiger partial charge >= 0.3 is 11.9 Å². The number of carbonyl (C=O) groups is 2. The molecule has 48 heavy (non-hydrogen) atoms. The number of hydrogen-bond donors (Lipinski definition) is 4. The van der Waals surface area contributed by atoms with Crippen molar-refractivity contribution < 1.29 is 30.0 Å². The molecule has 0 saturated carbocycles. The highest BCUT2D eigenvalue weighted by Crippen LogP contribution is 2.18. The van der Waals surface area contributed by atoms with Crippen LogP contribution in [0.4, 0.5) is 22.7 Å². The molecule has 0 radical (unpaired) electrons. The maximum absolute atomic E-state index is 10.2. The Morgan fingerprint density at radius 2 is 0.604 bits per heavy atom. The van der Waals surface area contributed by atoms with E-state index in [-0.39, 0.29) is 22.6 Å². The summed E-state index contributed by atoms with van der Waals surface area (Å²) in [5.41, 5.74) is 3.68. The Morgan fingerprint density at radius 3 is 0.792 bits per heavy atom. The molecule has 0 amide bonds. The molecule has 6 rings (SSSR count). The summed E-state index contributed by atoms with van der Waals surface area (Å²) in [5.74, 6) is -2.12. The highest BCUT2D eigenvalue weighted by Gasteiger charge is 2.01. The molecule has 6 aromatic rings. The van der Waals surface area contributed by atoms with Gasteiger partial charge < -0.3 is 20.4 Å². The van der Waals surface area contributed by atoms with Crippen molar-refractivity contribution in [1.82, 2.24) is 0 Å². The van der Waals surface area contributed by atoms with E-state index < -0.39 is 11.9 Å². The molecule has 240 valence electrons. The molecule has 0 spiro atoms. The predicted molar refractivity (Wildman–Crippen MR) is 184 cm³/mol. The SMILES string of the molecule is O=C(O)c1cccc(O)c1.O=C(O)c1cccc(O)c1.c1ccc(N=Nc2ccccc2)cc1.c1ccc(N=Nc2ccccc2)cc1. The molecule has 0 aliphatic carbocycles. The van der Waals surface area contributed by atoms with Gasteiger partial charge in [0.2, 0.25) is 0 Å². The zero-order valence-corrected chi connectivity index (χ0v) is 25.6. The number of carboxylic acid groups (broad SMARTS) is 2. The van der Waals surface area contributed by atoms with Crippen molar-refractivity contribution in [1.29, 1.82) is 0 Å². The molecule has 0 aliphatic heterocycles. The maximum atomic E-state index is 10.2. The number of phenols is 2. The highest BCUT2D eigenvalue weighted by molar-refractivity contribution is 5.88. The lowest BCUT2D eigenvalue weighted by molar-refractivity contribution is 0.0685. The Morgan fingerprint density at radius 1 is 0.354 bits per heavy atom. The highest BCUT2D eigenvalue weighted by atomic mass is 16.4. The normalized spacial score (nSPS) is 10.0. The monoisotopic (exact) mass is 640 g/mol. The summed E-state index contributed by atoms with van der Waals surface area (Å²) in [6, 6.07) is 49.8. The fourth-order valence-corrected chi connectivity index (χ4v) is 3.49. The first-order valence-electron chi connectivity index (χ1n) is 14.4. The third kappa shape index (κ3) is 14.2. The van der Waals surface area contributed by atoms with Gasteiger partial charge in [0.05, 0.1) is 33.9 Å². The van der Waals surface area contributed by atoms with Gasteiger partial charge in [0.15, 0.2) is 0 Å². The van der Waals surface area contributed by atoms with Crippen LogP contribution in [0.25, 0.3) is 0 Å². The molecule has 0 fully saturated rings. The largest absolute Gasteiger partial charge is 0.508 e. The lowest BCUT2D eigenvalue weighted by Crippen LogP contribution is -1.94. The van der Waals surface area contributed by atoms with Gasteiger partial charge in [-0.3, -0.25) is 0 Å². The second kappa shape index (κ2) is 20.2. The van der Waals surface area contributed by atoms with Crippen molar-refractivity contribution in [3.05, 3.63) is 181 Å². The second-order valence-corrected chi connectivity index (χ2v) is 9.45. The second-order valence-electron chi connectivity index (χ2n) is 9.45. The van der Waals surface area contributed by atoms with Crippen molar-refractivity contribution in [2.75, 3.05) is 0 Å². The number of phenolic OH excluding ortho intramolecular Hbond substituents is 2. The van der Waals surface area contributed by atoms with Crippen LogP contribution in [0.3, 0.4) is 0 Å². The van der Waals surface area contributed by atoms with E-state index in [1.807, 2.05) is 121 Å². The Bertz CT molecular complexity index is 1660. The van der Waals surface area contributed by atoms with E-state index in [1.54, 1.807) is 0 Å². The van der Waals surface area contributed by atoms with E-state index in [9.17, 15) is 9.59 Å². The minimum absolute atomic E-state index is 0.0279. The summed E-state index contributed by atoms with van der Waals surface area (Å²) in [7, 11) is 0. The molecule has 4 N–H and O–H groups in total. The lowest BCUT2D eigenvalue weighted by atomic mass is 10.2. The third-order valence-corrected chi connectivity index (χ3v) is 5.77. The predicted octanol–water partition coefficient (Wildman–Crippen LogP) is 10.4. The van der Waals surface area contributed by atoms with Crippen LogP contribution in [0.1, 0.15) is 20.7 Å². The number of hydrogen-bond acceptors (Lipinski definition) is 8. The number of benzene rings is 6. The smallest absolute Gasteiger partial charge is 0.335 e. The van der Waals surface area contributed by atoms with Crippen LogP contribution < -0.4 is 0 Å². The van der Waals surface area contributed by atoms with E-state index >= 15 is 0 Å². The molecule has 0 bridgehead atoms. The maximum Gasteiger partial charge on any atom is 0.335 e. The van der Waals surface area contributed by atoms with E-state index in [4.69, 9.17) is 20.4 Å². The van der Waals surface area contributed by atoms with E-state index in [1.165, 1.54) is 48.5 Å². The van der Waals surface area contributed by atoms with Gasteiger partial charge in [-0.2, -0.15) is 20.5 Å². The molecule has 0 unspecified atom stereocenters. The molecule has 10 heteroatoms. The van der Waals surface area contributed by atoms with E-state index in [0.717, 1.165) is 22.7 Å². The van der Waals surface area contributed by atoms with Crippen LogP contribution in [-0.2, 0) is 0 Å². The van der Waals surface area contributed by atoms with Crippen LogP contribution in [0.5, 0.6) is 11.5 Å². The first kappa shape index (κ1) is 35.5. The van der Waals surface area contributed by atoms with Gasteiger partial charge in [-0.25, -0.2) is 9.59 Å². The number of rotatable bonds is 6. The van der Waals surface area contributed by atoms with Crippen molar-refractivity contribution in [2.24, 2.45) is 20.5 Å². The van der Waals surface area contributed by atoms with Gasteiger partial charge in [-0.15, -0.1) is 0 Å². The first-order valence-corrected chi connectivity index (χ1v) is 14.4. The molecule has 0 saturated heterocycles. The summed E-state index contributed by atoms with van der Waals surface area (Å²) in [4.78, 5) is 20.5. The molecule has 0 heterocycles. The van der Waals surface area contributed by atoms with Gasteiger partial charge in [0, 0.05) is 0 Å². The van der Waals surface area contributed by atoms with E-state index in [2.05, 4.69) is 20.5 Å². The average Bonchev–Trinajstić information content (AvgIpc) is 3.12. The quantitative estimate of drug-likeness (QED) is 0.132. The van der Waals surface area contributed by atoms with Crippen LogP contribution in [0.2, 0.25) is 0 Å². The van der Waals surface area contributed by atoms with Gasteiger partial charge in [0.25, 0.3) is 0 Å².